The molecule has 4 rings (SSSR count). The molecule has 1 aromatic rings. The van der Waals surface area contributed by atoms with Gasteiger partial charge in [-0.1, -0.05) is 6.42 Å². The highest BCUT2D eigenvalue weighted by molar-refractivity contribution is 5.11. The van der Waals surface area contributed by atoms with Crippen molar-refractivity contribution in [2.24, 2.45) is 5.92 Å². The van der Waals surface area contributed by atoms with Gasteiger partial charge in [-0.2, -0.15) is 0 Å². The molecule has 1 aliphatic heterocycles. The minimum atomic E-state index is 0.616. The Morgan fingerprint density at radius 3 is 2.33 bits per heavy atom. The zero-order chi connectivity index (χ0) is 14.4. The molecule has 2 atom stereocenters. The molecule has 0 N–H and O–H groups in total. The average Bonchev–Trinajstić information content (AvgIpc) is 3.14. The molecule has 0 bridgehead atoms. The van der Waals surface area contributed by atoms with Gasteiger partial charge in [-0.15, -0.1) is 10.2 Å². The molecule has 3 fully saturated rings. The van der Waals surface area contributed by atoms with Crippen LogP contribution in [0.3, 0.4) is 0 Å². The molecule has 0 unspecified atom stereocenters. The summed E-state index contributed by atoms with van der Waals surface area (Å²) in [6.45, 7) is 6.68. The van der Waals surface area contributed by atoms with E-state index in [-0.39, 0.29) is 0 Å². The zero-order valence-corrected chi connectivity index (χ0v) is 13.4. The number of likely N-dealkylation sites (tertiary alicyclic amines) is 1. The predicted octanol–water partition coefficient (Wildman–Crippen LogP) is 3.07. The normalized spacial score (nSPS) is 31.9. The molecule has 3 aliphatic rings. The second-order valence-corrected chi connectivity index (χ2v) is 7.27. The third-order valence-electron chi connectivity index (χ3n) is 6.10. The van der Waals surface area contributed by atoms with Crippen LogP contribution in [0, 0.1) is 25.7 Å². The zero-order valence-electron chi connectivity index (χ0n) is 13.4. The number of aryl methyl sites for hydroxylation is 2. The van der Waals surface area contributed by atoms with Crippen LogP contribution in [-0.2, 0) is 0 Å². The number of fused-ring (bicyclic) bond motifs is 1. The molecular formula is C17H27N4. The van der Waals surface area contributed by atoms with E-state index in [1.807, 2.05) is 5.92 Å². The van der Waals surface area contributed by atoms with Crippen LogP contribution in [0.25, 0.3) is 0 Å². The highest BCUT2D eigenvalue weighted by atomic mass is 15.3. The second kappa shape index (κ2) is 5.38. The van der Waals surface area contributed by atoms with Crippen LogP contribution >= 0.6 is 0 Å². The van der Waals surface area contributed by atoms with Crippen LogP contribution in [-0.4, -0.2) is 38.8 Å². The van der Waals surface area contributed by atoms with Gasteiger partial charge in [-0.25, -0.2) is 0 Å². The molecule has 0 aromatic carbocycles. The van der Waals surface area contributed by atoms with E-state index in [4.69, 9.17) is 0 Å². The Balaban J connectivity index is 1.37. The molecule has 0 amide bonds. The Kier molecular flexibility index (Phi) is 3.52. The Labute approximate surface area is 127 Å². The Bertz CT molecular complexity index is 469. The Morgan fingerprint density at radius 1 is 0.952 bits per heavy atom. The topological polar surface area (TPSA) is 34.0 Å². The van der Waals surface area contributed by atoms with E-state index in [0.717, 1.165) is 23.6 Å². The first-order valence-electron chi connectivity index (χ1n) is 8.69. The summed E-state index contributed by atoms with van der Waals surface area (Å²) in [5.41, 5.74) is 0. The summed E-state index contributed by atoms with van der Waals surface area (Å²) in [7, 11) is 0. The van der Waals surface area contributed by atoms with Gasteiger partial charge in [0, 0.05) is 25.2 Å². The van der Waals surface area contributed by atoms with Crippen LogP contribution in [0.4, 0.5) is 0 Å². The van der Waals surface area contributed by atoms with Crippen LogP contribution in [0.15, 0.2) is 0 Å². The monoisotopic (exact) mass is 287 g/mol. The van der Waals surface area contributed by atoms with Crippen molar-refractivity contribution in [3.05, 3.63) is 17.6 Å². The van der Waals surface area contributed by atoms with Gasteiger partial charge < -0.3 is 9.47 Å². The maximum Gasteiger partial charge on any atom is 0.130 e. The minimum absolute atomic E-state index is 0.616. The highest BCUT2D eigenvalue weighted by Gasteiger charge is 2.40. The summed E-state index contributed by atoms with van der Waals surface area (Å²) in [6, 6.07) is 1.47. The summed E-state index contributed by atoms with van der Waals surface area (Å²) in [4.78, 5) is 2.77. The molecule has 0 spiro atoms. The third kappa shape index (κ3) is 2.41. The van der Waals surface area contributed by atoms with E-state index in [2.05, 4.69) is 33.5 Å². The average molecular weight is 287 g/mol. The van der Waals surface area contributed by atoms with Gasteiger partial charge in [-0.05, 0) is 64.2 Å². The first kappa shape index (κ1) is 13.7. The van der Waals surface area contributed by atoms with Gasteiger partial charge in [0.2, 0.25) is 0 Å². The molecular weight excluding hydrogens is 260 g/mol. The van der Waals surface area contributed by atoms with E-state index in [0.29, 0.717) is 6.04 Å². The molecule has 21 heavy (non-hydrogen) atoms. The van der Waals surface area contributed by atoms with Crippen molar-refractivity contribution < 1.29 is 0 Å². The van der Waals surface area contributed by atoms with Crippen molar-refractivity contribution in [3.8, 4) is 0 Å². The van der Waals surface area contributed by atoms with Gasteiger partial charge in [0.1, 0.15) is 11.6 Å². The Hall–Kier alpha value is -0.900. The lowest BCUT2D eigenvalue weighted by molar-refractivity contribution is 0.132. The summed E-state index contributed by atoms with van der Waals surface area (Å²) in [5, 5.41) is 8.44. The summed E-state index contributed by atoms with van der Waals surface area (Å²) >= 11 is 0. The molecule has 1 saturated heterocycles. The van der Waals surface area contributed by atoms with Crippen molar-refractivity contribution in [3.63, 3.8) is 0 Å². The van der Waals surface area contributed by atoms with E-state index in [1.54, 1.807) is 0 Å². The molecule has 115 valence electrons. The van der Waals surface area contributed by atoms with E-state index >= 15 is 0 Å². The lowest BCUT2D eigenvalue weighted by Crippen LogP contribution is -2.41. The quantitative estimate of drug-likeness (QED) is 0.838. The van der Waals surface area contributed by atoms with Crippen molar-refractivity contribution >= 4 is 0 Å². The molecule has 2 aliphatic carbocycles. The van der Waals surface area contributed by atoms with Crippen LogP contribution in [0.2, 0.25) is 0 Å². The molecule has 4 heteroatoms. The molecule has 1 aromatic heterocycles. The standard InChI is InChI=1S/C17H27N4/c1-12-18-19-13(2)21(12)16-6-8-20(9-7-16)17-10-14-4-3-5-15(14)11-17/h14,16-17H,3-11H2,1-2H3/t14-,17+/m1/s1. The second-order valence-electron chi connectivity index (χ2n) is 7.27. The number of rotatable bonds is 2. The molecule has 4 nitrogen and oxygen atoms in total. The predicted molar refractivity (Wildman–Crippen MR) is 82.9 cm³/mol. The fourth-order valence-corrected chi connectivity index (χ4v) is 5.04. The highest BCUT2D eigenvalue weighted by Crippen LogP contribution is 2.47. The number of hydrogen-bond acceptors (Lipinski definition) is 3. The fraction of sp³-hybridized carbons (Fsp3) is 0.824. The summed E-state index contributed by atoms with van der Waals surface area (Å²) in [6.07, 6.45) is 9.73. The van der Waals surface area contributed by atoms with Gasteiger partial charge in [0.25, 0.3) is 0 Å². The molecule has 2 saturated carbocycles. The Morgan fingerprint density at radius 2 is 1.67 bits per heavy atom. The molecule has 2 heterocycles. The van der Waals surface area contributed by atoms with E-state index in [1.165, 1.54) is 58.0 Å². The number of aromatic nitrogens is 3. The number of hydrogen-bond donors (Lipinski definition) is 0. The molecule has 1 radical (unpaired) electrons. The lowest BCUT2D eigenvalue weighted by Gasteiger charge is -2.37. The van der Waals surface area contributed by atoms with Crippen molar-refractivity contribution in [1.29, 1.82) is 0 Å². The van der Waals surface area contributed by atoms with Crippen molar-refractivity contribution in [2.75, 3.05) is 13.1 Å². The van der Waals surface area contributed by atoms with Gasteiger partial charge in [0.05, 0.1) is 0 Å². The first-order valence-corrected chi connectivity index (χ1v) is 8.69. The summed E-state index contributed by atoms with van der Waals surface area (Å²) in [5.74, 6) is 5.04. The smallest absolute Gasteiger partial charge is 0.130 e. The van der Waals surface area contributed by atoms with Gasteiger partial charge in [-0.3, -0.25) is 0 Å². The SMILES string of the molecule is Cc1nnc(C)n1C1CCN([C@@H]2C[C]3CCC[C@@H]3C2)CC1. The van der Waals surface area contributed by atoms with Crippen LogP contribution in [0.1, 0.15) is 62.6 Å². The number of piperidine rings is 1. The van der Waals surface area contributed by atoms with Crippen LogP contribution < -0.4 is 0 Å². The van der Waals surface area contributed by atoms with Crippen LogP contribution in [0.5, 0.6) is 0 Å². The van der Waals surface area contributed by atoms with Gasteiger partial charge in [0.15, 0.2) is 0 Å². The van der Waals surface area contributed by atoms with E-state index in [9.17, 15) is 0 Å². The van der Waals surface area contributed by atoms with Crippen molar-refractivity contribution in [1.82, 2.24) is 19.7 Å². The van der Waals surface area contributed by atoms with Gasteiger partial charge >= 0.3 is 0 Å². The maximum atomic E-state index is 4.22. The van der Waals surface area contributed by atoms with E-state index < -0.39 is 0 Å². The third-order valence-corrected chi connectivity index (χ3v) is 6.10. The minimum Gasteiger partial charge on any atom is -0.312 e. The first-order chi connectivity index (χ1) is 10.2. The van der Waals surface area contributed by atoms with Crippen molar-refractivity contribution in [2.45, 2.75) is 70.9 Å². The summed E-state index contributed by atoms with van der Waals surface area (Å²) < 4.78 is 2.36. The lowest BCUT2D eigenvalue weighted by atomic mass is 10.0. The fourth-order valence-electron chi connectivity index (χ4n) is 5.04. The maximum absolute atomic E-state index is 4.22. The largest absolute Gasteiger partial charge is 0.312 e. The number of nitrogens with zero attached hydrogens (tertiary/aromatic N) is 4.